The molecule has 0 aliphatic carbocycles. The Kier molecular flexibility index (Phi) is 5.35. The van der Waals surface area contributed by atoms with Gasteiger partial charge in [-0.1, -0.05) is 25.1 Å². The lowest BCUT2D eigenvalue weighted by Gasteiger charge is -2.13. The molecule has 0 saturated heterocycles. The van der Waals surface area contributed by atoms with Gasteiger partial charge >= 0.3 is 5.97 Å². The van der Waals surface area contributed by atoms with Gasteiger partial charge in [-0.2, -0.15) is 0 Å². The number of methoxy groups -OCH3 is 1. The number of rotatable bonds is 5. The van der Waals surface area contributed by atoms with E-state index in [1.54, 1.807) is 0 Å². The number of benzene rings is 1. The highest BCUT2D eigenvalue weighted by molar-refractivity contribution is 6.30. The molecule has 0 amide bonds. The molecule has 0 radical (unpaired) electrons. The molecule has 3 nitrogen and oxygen atoms in total. The van der Waals surface area contributed by atoms with Gasteiger partial charge in [0.2, 0.25) is 0 Å². The molecule has 0 heterocycles. The molecule has 0 fully saturated rings. The normalized spacial score (nSPS) is 12.0. The van der Waals surface area contributed by atoms with Crippen LogP contribution in [0.2, 0.25) is 0 Å². The minimum absolute atomic E-state index is 0.129. The molecule has 1 rings (SSSR count). The lowest BCUT2D eigenvalue weighted by atomic mass is 9.96. The predicted octanol–water partition coefficient (Wildman–Crippen LogP) is 2.83. The van der Waals surface area contributed by atoms with Gasteiger partial charge in [0.15, 0.2) is 5.78 Å². The van der Waals surface area contributed by atoms with E-state index < -0.39 is 5.38 Å². The van der Waals surface area contributed by atoms with E-state index in [9.17, 15) is 9.59 Å². The van der Waals surface area contributed by atoms with Gasteiger partial charge in [-0.25, -0.2) is 0 Å². The molecule has 1 unspecified atom stereocenters. The van der Waals surface area contributed by atoms with Crippen molar-refractivity contribution in [2.75, 3.05) is 7.11 Å². The highest BCUT2D eigenvalue weighted by atomic mass is 35.5. The summed E-state index contributed by atoms with van der Waals surface area (Å²) in [7, 11) is 1.34. The summed E-state index contributed by atoms with van der Waals surface area (Å²) in [5, 5.41) is -0.712. The Morgan fingerprint density at radius 1 is 1.39 bits per heavy atom. The molecule has 0 bridgehead atoms. The van der Waals surface area contributed by atoms with Crippen LogP contribution in [0.15, 0.2) is 18.2 Å². The monoisotopic (exact) mass is 268 g/mol. The van der Waals surface area contributed by atoms with Crippen molar-refractivity contribution in [3.63, 3.8) is 0 Å². The van der Waals surface area contributed by atoms with E-state index in [0.717, 1.165) is 17.5 Å². The number of ketones is 1. The van der Waals surface area contributed by atoms with Crippen molar-refractivity contribution >= 4 is 23.4 Å². The van der Waals surface area contributed by atoms with Crippen molar-refractivity contribution in [3.8, 4) is 0 Å². The van der Waals surface area contributed by atoms with E-state index in [1.807, 2.05) is 25.1 Å². The maximum Gasteiger partial charge on any atom is 0.309 e. The molecule has 0 aliphatic heterocycles. The van der Waals surface area contributed by atoms with Gasteiger partial charge in [0.25, 0.3) is 0 Å². The zero-order chi connectivity index (χ0) is 13.7. The van der Waals surface area contributed by atoms with Crippen LogP contribution in [0.5, 0.6) is 0 Å². The summed E-state index contributed by atoms with van der Waals surface area (Å²) < 4.78 is 4.64. The zero-order valence-corrected chi connectivity index (χ0v) is 11.6. The van der Waals surface area contributed by atoms with E-state index in [0.29, 0.717) is 5.56 Å². The summed E-state index contributed by atoms with van der Waals surface area (Å²) in [4.78, 5) is 22.7. The summed E-state index contributed by atoms with van der Waals surface area (Å²) in [6, 6.07) is 5.66. The quantitative estimate of drug-likeness (QED) is 0.609. The molecule has 0 aliphatic rings. The van der Waals surface area contributed by atoms with Crippen LogP contribution in [-0.2, 0) is 27.2 Å². The van der Waals surface area contributed by atoms with Crippen molar-refractivity contribution < 1.29 is 14.3 Å². The molecular weight excluding hydrogens is 252 g/mol. The number of aryl methyl sites for hydroxylation is 1. The molecule has 1 aromatic rings. The number of alkyl halides is 1. The van der Waals surface area contributed by atoms with Crippen molar-refractivity contribution in [1.29, 1.82) is 0 Å². The first-order chi connectivity index (χ1) is 8.49. The Morgan fingerprint density at radius 3 is 2.56 bits per heavy atom. The summed E-state index contributed by atoms with van der Waals surface area (Å²) in [6.45, 7) is 3.47. The fourth-order valence-corrected chi connectivity index (χ4v) is 1.91. The van der Waals surface area contributed by atoms with Gasteiger partial charge in [0, 0.05) is 0 Å². The third-order valence-electron chi connectivity index (χ3n) is 2.81. The summed E-state index contributed by atoms with van der Waals surface area (Å²) in [6.07, 6.45) is 0.985. The average Bonchev–Trinajstić information content (AvgIpc) is 2.38. The molecule has 0 spiro atoms. The number of ether oxygens (including phenoxy) is 1. The molecule has 18 heavy (non-hydrogen) atoms. The zero-order valence-electron chi connectivity index (χ0n) is 10.8. The Labute approximate surface area is 112 Å². The van der Waals surface area contributed by atoms with Crippen LogP contribution in [0.4, 0.5) is 0 Å². The fourth-order valence-electron chi connectivity index (χ4n) is 1.71. The second-order valence-electron chi connectivity index (χ2n) is 4.11. The van der Waals surface area contributed by atoms with E-state index >= 15 is 0 Å². The van der Waals surface area contributed by atoms with Gasteiger partial charge in [-0.15, -0.1) is 11.6 Å². The minimum atomic E-state index is -0.712. The number of Topliss-reactive ketones (excluding diaryl/α,β-unsaturated/α-hetero) is 1. The largest absolute Gasteiger partial charge is 0.469 e. The number of halogens is 1. The molecular formula is C14H17ClO3. The number of carbonyl (C=O) groups excluding carboxylic acids is 2. The van der Waals surface area contributed by atoms with Gasteiger partial charge in [-0.3, -0.25) is 9.59 Å². The van der Waals surface area contributed by atoms with Crippen molar-refractivity contribution in [2.24, 2.45) is 0 Å². The maximum absolute atomic E-state index is 11.4. The fraction of sp³-hybridized carbons (Fsp3) is 0.429. The topological polar surface area (TPSA) is 43.4 Å². The van der Waals surface area contributed by atoms with Crippen molar-refractivity contribution in [1.82, 2.24) is 0 Å². The first-order valence-corrected chi connectivity index (χ1v) is 6.26. The summed E-state index contributed by atoms with van der Waals surface area (Å²) >= 11 is 6.10. The smallest absolute Gasteiger partial charge is 0.309 e. The lowest BCUT2D eigenvalue weighted by Crippen LogP contribution is -2.11. The van der Waals surface area contributed by atoms with Crippen molar-refractivity contribution in [2.45, 2.75) is 32.1 Å². The molecule has 4 heteroatoms. The number of hydrogen-bond donors (Lipinski definition) is 0. The SMILES string of the molecule is CCc1ccc(CC(=O)OC)c(C(Cl)C(C)=O)c1. The van der Waals surface area contributed by atoms with Crippen LogP contribution < -0.4 is 0 Å². The second kappa shape index (κ2) is 6.55. The molecule has 1 aromatic carbocycles. The van der Waals surface area contributed by atoms with E-state index in [2.05, 4.69) is 4.74 Å². The molecule has 98 valence electrons. The van der Waals surface area contributed by atoms with Crippen LogP contribution >= 0.6 is 11.6 Å². The molecule has 0 saturated carbocycles. The van der Waals surface area contributed by atoms with Crippen molar-refractivity contribution in [3.05, 3.63) is 34.9 Å². The van der Waals surface area contributed by atoms with Gasteiger partial charge in [-0.05, 0) is 30.0 Å². The first-order valence-electron chi connectivity index (χ1n) is 5.82. The second-order valence-corrected chi connectivity index (χ2v) is 4.55. The summed E-state index contributed by atoms with van der Waals surface area (Å²) in [5.41, 5.74) is 2.54. The van der Waals surface area contributed by atoms with E-state index in [1.165, 1.54) is 14.0 Å². The highest BCUT2D eigenvalue weighted by Gasteiger charge is 2.19. The third-order valence-corrected chi connectivity index (χ3v) is 3.35. The van der Waals surface area contributed by atoms with Crippen LogP contribution in [0.1, 0.15) is 35.9 Å². The molecule has 0 N–H and O–H groups in total. The molecule has 0 aromatic heterocycles. The van der Waals surface area contributed by atoms with E-state index in [-0.39, 0.29) is 18.2 Å². The van der Waals surface area contributed by atoms with Crippen LogP contribution in [0.3, 0.4) is 0 Å². The summed E-state index contributed by atoms with van der Waals surface area (Å²) in [5.74, 6) is -0.469. The minimum Gasteiger partial charge on any atom is -0.469 e. The van der Waals surface area contributed by atoms with Gasteiger partial charge in [0.05, 0.1) is 13.5 Å². The highest BCUT2D eigenvalue weighted by Crippen LogP contribution is 2.27. The van der Waals surface area contributed by atoms with E-state index in [4.69, 9.17) is 11.6 Å². The Morgan fingerprint density at radius 2 is 2.06 bits per heavy atom. The Hall–Kier alpha value is -1.35. The third kappa shape index (κ3) is 3.57. The maximum atomic E-state index is 11.4. The standard InChI is InChI=1S/C14H17ClO3/c1-4-10-5-6-11(8-13(17)18-3)12(7-10)14(15)9(2)16/h5-7,14H,4,8H2,1-3H3. The average molecular weight is 269 g/mol. The molecule has 1 atom stereocenters. The van der Waals surface area contributed by atoms with Crippen LogP contribution in [0.25, 0.3) is 0 Å². The predicted molar refractivity (Wildman–Crippen MR) is 70.8 cm³/mol. The van der Waals surface area contributed by atoms with Crippen LogP contribution in [-0.4, -0.2) is 18.9 Å². The lowest BCUT2D eigenvalue weighted by molar-refractivity contribution is -0.139. The number of hydrogen-bond acceptors (Lipinski definition) is 3. The first kappa shape index (κ1) is 14.7. The van der Waals surface area contributed by atoms with Crippen LogP contribution in [0, 0.1) is 0 Å². The van der Waals surface area contributed by atoms with Gasteiger partial charge in [0.1, 0.15) is 5.38 Å². The Balaban J connectivity index is 3.15. The van der Waals surface area contributed by atoms with Gasteiger partial charge < -0.3 is 4.74 Å². The Bertz CT molecular complexity index is 454. The number of esters is 1. The number of carbonyl (C=O) groups is 2.